The molecule has 1 aromatic heterocycles. The third-order valence-electron chi connectivity index (χ3n) is 3.42. The van der Waals surface area contributed by atoms with Gasteiger partial charge in [0.15, 0.2) is 5.78 Å². The zero-order valence-electron chi connectivity index (χ0n) is 11.8. The lowest BCUT2D eigenvalue weighted by Gasteiger charge is -2.08. The molecule has 0 aliphatic rings. The van der Waals surface area contributed by atoms with Crippen molar-refractivity contribution in [2.24, 2.45) is 0 Å². The first-order valence-electron chi connectivity index (χ1n) is 6.72. The highest BCUT2D eigenvalue weighted by Crippen LogP contribution is 2.12. The van der Waals surface area contributed by atoms with Crippen LogP contribution in [0.25, 0.3) is 0 Å². The summed E-state index contributed by atoms with van der Waals surface area (Å²) < 4.78 is 1.95. The molecule has 0 atom stereocenters. The predicted molar refractivity (Wildman–Crippen MR) is 76.5 cm³/mol. The molecule has 0 saturated heterocycles. The van der Waals surface area contributed by atoms with Crippen LogP contribution in [0.2, 0.25) is 0 Å². The Balaban J connectivity index is 2.16. The van der Waals surface area contributed by atoms with Crippen LogP contribution in [0.1, 0.15) is 40.7 Å². The van der Waals surface area contributed by atoms with Gasteiger partial charge < -0.3 is 4.57 Å². The van der Waals surface area contributed by atoms with E-state index in [1.165, 1.54) is 5.56 Å². The minimum atomic E-state index is 0.137. The Morgan fingerprint density at radius 1 is 1.26 bits per heavy atom. The molecule has 0 N–H and O–H groups in total. The Hall–Kier alpha value is -1.90. The van der Waals surface area contributed by atoms with Crippen molar-refractivity contribution in [1.29, 1.82) is 0 Å². The van der Waals surface area contributed by atoms with Gasteiger partial charge in [0.25, 0.3) is 0 Å². The lowest BCUT2D eigenvalue weighted by Crippen LogP contribution is -2.12. The molecule has 3 heteroatoms. The highest BCUT2D eigenvalue weighted by Gasteiger charge is 2.10. The Bertz CT molecular complexity index is 584. The Labute approximate surface area is 114 Å². The molecule has 0 aliphatic heterocycles. The zero-order chi connectivity index (χ0) is 13.8. The van der Waals surface area contributed by atoms with E-state index in [-0.39, 0.29) is 5.78 Å². The summed E-state index contributed by atoms with van der Waals surface area (Å²) in [5, 5.41) is 0. The summed E-state index contributed by atoms with van der Waals surface area (Å²) >= 11 is 0. The fourth-order valence-corrected chi connectivity index (χ4v) is 2.10. The van der Waals surface area contributed by atoms with E-state index in [1.54, 1.807) is 6.20 Å². The molecule has 0 unspecified atom stereocenters. The number of carbonyl (C=O) groups excluding carboxylic acids is 1. The van der Waals surface area contributed by atoms with Gasteiger partial charge in [0.2, 0.25) is 0 Å². The molecular formula is C16H20N2O. The maximum Gasteiger partial charge on any atom is 0.182 e. The van der Waals surface area contributed by atoms with E-state index in [9.17, 15) is 4.79 Å². The first kappa shape index (κ1) is 13.5. The lowest BCUT2D eigenvalue weighted by atomic mass is 10.0. The smallest absolute Gasteiger partial charge is 0.182 e. The van der Waals surface area contributed by atoms with Crippen molar-refractivity contribution < 1.29 is 4.79 Å². The van der Waals surface area contributed by atoms with Gasteiger partial charge in [0.1, 0.15) is 5.82 Å². The van der Waals surface area contributed by atoms with E-state index < -0.39 is 0 Å². The summed E-state index contributed by atoms with van der Waals surface area (Å²) in [6.45, 7) is 6.58. The van der Waals surface area contributed by atoms with Gasteiger partial charge in [0, 0.05) is 24.4 Å². The number of imidazole rings is 1. The Morgan fingerprint density at radius 2 is 2.05 bits per heavy atom. The van der Waals surface area contributed by atoms with E-state index in [4.69, 9.17) is 0 Å². The number of aryl methyl sites for hydroxylation is 3. The van der Waals surface area contributed by atoms with Crippen LogP contribution < -0.4 is 0 Å². The highest BCUT2D eigenvalue weighted by molar-refractivity contribution is 5.96. The molecule has 19 heavy (non-hydrogen) atoms. The zero-order valence-corrected chi connectivity index (χ0v) is 11.8. The lowest BCUT2D eigenvalue weighted by molar-refractivity contribution is 0.0971. The van der Waals surface area contributed by atoms with Crippen molar-refractivity contribution in [3.8, 4) is 0 Å². The van der Waals surface area contributed by atoms with Gasteiger partial charge in [-0.05, 0) is 37.5 Å². The normalized spacial score (nSPS) is 10.7. The SMILES string of the molecule is CCCc1nccn1CC(=O)c1ccc(C)c(C)c1. The first-order valence-corrected chi connectivity index (χ1v) is 6.72. The first-order chi connectivity index (χ1) is 9.11. The van der Waals surface area contributed by atoms with Crippen molar-refractivity contribution in [2.45, 2.75) is 40.2 Å². The number of hydrogen-bond donors (Lipinski definition) is 0. The fourth-order valence-electron chi connectivity index (χ4n) is 2.10. The van der Waals surface area contributed by atoms with E-state index in [0.29, 0.717) is 6.54 Å². The van der Waals surface area contributed by atoms with Gasteiger partial charge in [-0.1, -0.05) is 19.1 Å². The summed E-state index contributed by atoms with van der Waals surface area (Å²) in [5.74, 6) is 1.12. The maximum absolute atomic E-state index is 12.3. The second kappa shape index (κ2) is 5.83. The summed E-state index contributed by atoms with van der Waals surface area (Å²) in [4.78, 5) is 16.6. The standard InChI is InChI=1S/C16H20N2O/c1-4-5-16-17-8-9-18(16)11-15(19)14-7-6-12(2)13(3)10-14/h6-10H,4-5,11H2,1-3H3. The molecule has 3 nitrogen and oxygen atoms in total. The molecule has 0 aliphatic carbocycles. The molecule has 0 radical (unpaired) electrons. The average Bonchev–Trinajstić information content (AvgIpc) is 2.80. The van der Waals surface area contributed by atoms with Crippen LogP contribution in [-0.2, 0) is 13.0 Å². The van der Waals surface area contributed by atoms with E-state index in [0.717, 1.165) is 29.8 Å². The minimum Gasteiger partial charge on any atom is -0.327 e. The summed E-state index contributed by atoms with van der Waals surface area (Å²) in [7, 11) is 0. The molecular weight excluding hydrogens is 236 g/mol. The molecule has 0 bridgehead atoms. The topological polar surface area (TPSA) is 34.9 Å². The van der Waals surface area contributed by atoms with Gasteiger partial charge in [-0.3, -0.25) is 4.79 Å². The van der Waals surface area contributed by atoms with Gasteiger partial charge in [0.05, 0.1) is 6.54 Å². The summed E-state index contributed by atoms with van der Waals surface area (Å²) in [5.41, 5.74) is 3.15. The number of nitrogens with zero attached hydrogens (tertiary/aromatic N) is 2. The molecule has 1 heterocycles. The third kappa shape index (κ3) is 3.11. The third-order valence-corrected chi connectivity index (χ3v) is 3.42. The number of hydrogen-bond acceptors (Lipinski definition) is 2. The second-order valence-corrected chi connectivity index (χ2v) is 4.94. The van der Waals surface area contributed by atoms with Crippen molar-refractivity contribution in [3.63, 3.8) is 0 Å². The average molecular weight is 256 g/mol. The van der Waals surface area contributed by atoms with Crippen molar-refractivity contribution >= 4 is 5.78 Å². The van der Waals surface area contributed by atoms with E-state index in [1.807, 2.05) is 35.9 Å². The monoisotopic (exact) mass is 256 g/mol. The number of aromatic nitrogens is 2. The number of Topliss-reactive ketones (excluding diaryl/α,β-unsaturated/α-hetero) is 1. The number of benzene rings is 1. The summed E-state index contributed by atoms with van der Waals surface area (Å²) in [6, 6.07) is 5.87. The van der Waals surface area contributed by atoms with Crippen LogP contribution >= 0.6 is 0 Å². The molecule has 100 valence electrons. The van der Waals surface area contributed by atoms with Crippen molar-refractivity contribution in [2.75, 3.05) is 0 Å². The fraction of sp³-hybridized carbons (Fsp3) is 0.375. The van der Waals surface area contributed by atoms with Crippen LogP contribution in [0.4, 0.5) is 0 Å². The van der Waals surface area contributed by atoms with Crippen LogP contribution in [0.5, 0.6) is 0 Å². The van der Waals surface area contributed by atoms with Gasteiger partial charge in [-0.15, -0.1) is 0 Å². The highest BCUT2D eigenvalue weighted by atomic mass is 16.1. The van der Waals surface area contributed by atoms with Crippen molar-refractivity contribution in [3.05, 3.63) is 53.1 Å². The van der Waals surface area contributed by atoms with Crippen LogP contribution in [0.15, 0.2) is 30.6 Å². The Kier molecular flexibility index (Phi) is 4.15. The molecule has 2 aromatic rings. The molecule has 0 saturated carbocycles. The Morgan fingerprint density at radius 3 is 2.74 bits per heavy atom. The number of carbonyl (C=O) groups is 1. The minimum absolute atomic E-state index is 0.137. The molecule has 2 rings (SSSR count). The molecule has 0 amide bonds. The van der Waals surface area contributed by atoms with Crippen LogP contribution in [0.3, 0.4) is 0 Å². The van der Waals surface area contributed by atoms with E-state index >= 15 is 0 Å². The second-order valence-electron chi connectivity index (χ2n) is 4.94. The number of ketones is 1. The molecule has 1 aromatic carbocycles. The van der Waals surface area contributed by atoms with Crippen molar-refractivity contribution in [1.82, 2.24) is 9.55 Å². The quantitative estimate of drug-likeness (QED) is 0.769. The van der Waals surface area contributed by atoms with Gasteiger partial charge >= 0.3 is 0 Å². The number of rotatable bonds is 5. The largest absolute Gasteiger partial charge is 0.327 e. The molecule has 0 fully saturated rings. The summed E-state index contributed by atoms with van der Waals surface area (Å²) in [6.07, 6.45) is 5.59. The van der Waals surface area contributed by atoms with Crippen LogP contribution in [0, 0.1) is 13.8 Å². The molecule has 0 spiro atoms. The predicted octanol–water partition coefficient (Wildman–Crippen LogP) is 3.34. The van der Waals surface area contributed by atoms with Gasteiger partial charge in [-0.2, -0.15) is 0 Å². The van der Waals surface area contributed by atoms with Crippen LogP contribution in [-0.4, -0.2) is 15.3 Å². The van der Waals surface area contributed by atoms with E-state index in [2.05, 4.69) is 18.8 Å². The maximum atomic E-state index is 12.3. The van der Waals surface area contributed by atoms with Gasteiger partial charge in [-0.25, -0.2) is 4.98 Å².